The Morgan fingerprint density at radius 2 is 1.89 bits per heavy atom. The molecule has 19 heavy (non-hydrogen) atoms. The Morgan fingerprint density at radius 3 is 2.42 bits per heavy atom. The van der Waals surface area contributed by atoms with Gasteiger partial charge >= 0.3 is 0 Å². The molecular weight excluding hydrogens is 260 g/mol. The molecule has 0 aliphatic rings. The first-order chi connectivity index (χ1) is 9.01. The fourth-order valence-corrected chi connectivity index (χ4v) is 1.40. The van der Waals surface area contributed by atoms with Gasteiger partial charge in [-0.2, -0.15) is 4.99 Å². The molecule has 0 amide bonds. The van der Waals surface area contributed by atoms with Crippen molar-refractivity contribution in [2.45, 2.75) is 20.3 Å². The topological polar surface area (TPSA) is 56.8 Å². The van der Waals surface area contributed by atoms with Gasteiger partial charge in [0.2, 0.25) is 0 Å². The summed E-state index contributed by atoms with van der Waals surface area (Å²) < 4.78 is 10.9. The number of thiocarbonyl (C=S) groups is 1. The predicted molar refractivity (Wildman–Crippen MR) is 81.9 cm³/mol. The molecule has 0 atom stereocenters. The molecule has 0 saturated carbocycles. The smallest absolute Gasteiger partial charge is 0.290 e. The lowest BCUT2D eigenvalue weighted by Crippen LogP contribution is -2.11. The summed E-state index contributed by atoms with van der Waals surface area (Å²) in [7, 11) is 0. The van der Waals surface area contributed by atoms with Crippen LogP contribution in [0.1, 0.15) is 20.3 Å². The molecule has 5 heteroatoms. The third-order valence-electron chi connectivity index (χ3n) is 2.24. The first-order valence-electron chi connectivity index (χ1n) is 5.93. The van der Waals surface area contributed by atoms with Gasteiger partial charge in [0, 0.05) is 0 Å². The van der Waals surface area contributed by atoms with Gasteiger partial charge in [-0.05, 0) is 55.4 Å². The number of aliphatic imine (C=N–C) groups is 1. The van der Waals surface area contributed by atoms with E-state index in [2.05, 4.69) is 11.6 Å². The van der Waals surface area contributed by atoms with Crippen molar-refractivity contribution in [2.75, 3.05) is 6.61 Å². The van der Waals surface area contributed by atoms with E-state index in [4.69, 9.17) is 27.4 Å². The molecule has 4 nitrogen and oxygen atoms in total. The molecule has 1 aromatic carbocycles. The minimum absolute atomic E-state index is 0.0908. The number of rotatable bonds is 5. The summed E-state index contributed by atoms with van der Waals surface area (Å²) in [5.74, 6) is 1.71. The van der Waals surface area contributed by atoms with Crippen molar-refractivity contribution >= 4 is 23.2 Å². The summed E-state index contributed by atoms with van der Waals surface area (Å²) >= 11 is 4.91. The molecule has 0 saturated heterocycles. The molecule has 1 rings (SSSR count). The van der Waals surface area contributed by atoms with Crippen LogP contribution < -0.4 is 15.2 Å². The van der Waals surface area contributed by atoms with Crippen molar-refractivity contribution in [3.05, 3.63) is 36.4 Å². The van der Waals surface area contributed by atoms with Crippen LogP contribution in [0.2, 0.25) is 0 Å². The van der Waals surface area contributed by atoms with Crippen molar-refractivity contribution in [2.24, 2.45) is 10.7 Å². The van der Waals surface area contributed by atoms with Gasteiger partial charge < -0.3 is 15.2 Å². The van der Waals surface area contributed by atoms with Crippen LogP contribution in [0.5, 0.6) is 11.5 Å². The van der Waals surface area contributed by atoms with Crippen LogP contribution in [0.3, 0.4) is 0 Å². The van der Waals surface area contributed by atoms with Gasteiger partial charge in [-0.1, -0.05) is 13.5 Å². The molecule has 1 aromatic rings. The highest BCUT2D eigenvalue weighted by Gasteiger charge is 2.00. The van der Waals surface area contributed by atoms with E-state index >= 15 is 0 Å². The molecule has 0 radical (unpaired) electrons. The Morgan fingerprint density at radius 1 is 1.32 bits per heavy atom. The number of amidine groups is 1. The van der Waals surface area contributed by atoms with Gasteiger partial charge in [0.25, 0.3) is 5.17 Å². The molecule has 0 unspecified atom stereocenters. The van der Waals surface area contributed by atoms with E-state index in [0.29, 0.717) is 18.2 Å². The zero-order valence-corrected chi connectivity index (χ0v) is 12.0. The van der Waals surface area contributed by atoms with Gasteiger partial charge in [0.15, 0.2) is 0 Å². The van der Waals surface area contributed by atoms with E-state index in [1.807, 2.05) is 6.92 Å². The van der Waals surface area contributed by atoms with Gasteiger partial charge in [0.1, 0.15) is 23.9 Å². The summed E-state index contributed by atoms with van der Waals surface area (Å²) in [5.41, 5.74) is 6.46. The van der Waals surface area contributed by atoms with Gasteiger partial charge in [-0.25, -0.2) is 0 Å². The molecule has 2 N–H and O–H groups in total. The van der Waals surface area contributed by atoms with E-state index in [9.17, 15) is 0 Å². The standard InChI is InChI=1S/C14H18N2O2S/c1-4-10(2)9-17-12-5-7-13(8-6-12)18-14(19)16-11(3)15/h5-8H,2,4,9H2,1,3H3,(H2,15,16,19). The maximum atomic E-state index is 5.55. The summed E-state index contributed by atoms with van der Waals surface area (Å²) in [6.45, 7) is 8.09. The summed E-state index contributed by atoms with van der Waals surface area (Å²) in [5, 5.41) is 0.0908. The average Bonchev–Trinajstić information content (AvgIpc) is 2.36. The molecule has 0 spiro atoms. The lowest BCUT2D eigenvalue weighted by molar-refractivity contribution is 0.348. The Bertz CT molecular complexity index is 477. The van der Waals surface area contributed by atoms with Crippen LogP contribution in [-0.4, -0.2) is 17.6 Å². The van der Waals surface area contributed by atoms with Crippen molar-refractivity contribution < 1.29 is 9.47 Å². The van der Waals surface area contributed by atoms with Crippen molar-refractivity contribution in [3.8, 4) is 11.5 Å². The lowest BCUT2D eigenvalue weighted by Gasteiger charge is -2.08. The summed E-state index contributed by atoms with van der Waals surface area (Å²) in [6.07, 6.45) is 0.909. The highest BCUT2D eigenvalue weighted by molar-refractivity contribution is 7.80. The molecule has 0 aliphatic heterocycles. The number of benzene rings is 1. The summed E-state index contributed by atoms with van der Waals surface area (Å²) in [6, 6.07) is 7.13. The highest BCUT2D eigenvalue weighted by Crippen LogP contribution is 2.18. The first-order valence-corrected chi connectivity index (χ1v) is 6.34. The number of ether oxygens (including phenoxy) is 2. The van der Waals surface area contributed by atoms with Crippen molar-refractivity contribution in [1.29, 1.82) is 0 Å². The van der Waals surface area contributed by atoms with Crippen LogP contribution in [0.4, 0.5) is 0 Å². The molecule has 0 heterocycles. The van der Waals surface area contributed by atoms with E-state index in [-0.39, 0.29) is 5.17 Å². The molecule has 0 bridgehead atoms. The van der Waals surface area contributed by atoms with E-state index in [0.717, 1.165) is 17.7 Å². The van der Waals surface area contributed by atoms with Crippen molar-refractivity contribution in [1.82, 2.24) is 0 Å². The number of hydrogen-bond donors (Lipinski definition) is 1. The van der Waals surface area contributed by atoms with Crippen LogP contribution in [0.25, 0.3) is 0 Å². The third-order valence-corrected chi connectivity index (χ3v) is 2.41. The minimum Gasteiger partial charge on any atom is -0.489 e. The largest absolute Gasteiger partial charge is 0.489 e. The third kappa shape index (κ3) is 6.01. The normalized spacial score (nSPS) is 10.9. The molecule has 102 valence electrons. The zero-order valence-electron chi connectivity index (χ0n) is 11.2. The fraction of sp³-hybridized carbons (Fsp3) is 0.286. The maximum absolute atomic E-state index is 5.55. The van der Waals surface area contributed by atoms with Crippen LogP contribution in [0, 0.1) is 0 Å². The van der Waals surface area contributed by atoms with E-state index in [1.54, 1.807) is 31.2 Å². The van der Waals surface area contributed by atoms with Crippen molar-refractivity contribution in [3.63, 3.8) is 0 Å². The average molecular weight is 278 g/mol. The van der Waals surface area contributed by atoms with Gasteiger partial charge in [0.05, 0.1) is 0 Å². The molecule has 0 fully saturated rings. The van der Waals surface area contributed by atoms with Gasteiger partial charge in [-0.15, -0.1) is 0 Å². The molecule has 0 aromatic heterocycles. The molecule has 0 aliphatic carbocycles. The Hall–Kier alpha value is -1.88. The lowest BCUT2D eigenvalue weighted by atomic mass is 10.2. The summed E-state index contributed by atoms with van der Waals surface area (Å²) in [4.78, 5) is 3.83. The van der Waals surface area contributed by atoms with E-state index < -0.39 is 0 Å². The number of hydrogen-bond acceptors (Lipinski definition) is 3. The zero-order chi connectivity index (χ0) is 14.3. The van der Waals surface area contributed by atoms with Gasteiger partial charge in [-0.3, -0.25) is 0 Å². The monoisotopic (exact) mass is 278 g/mol. The Labute approximate surface area is 118 Å². The molecular formula is C14H18N2O2S. The predicted octanol–water partition coefficient (Wildman–Crippen LogP) is 3.07. The SMILES string of the molecule is C=C(CC)COc1ccc(OC(=S)/N=C(/C)N)cc1. The number of nitrogens with two attached hydrogens (primary N) is 1. The Balaban J connectivity index is 2.54. The Kier molecular flexibility index (Phi) is 6.02. The first kappa shape index (κ1) is 15.2. The fourth-order valence-electron chi connectivity index (χ4n) is 1.16. The van der Waals surface area contributed by atoms with Crippen LogP contribution in [0.15, 0.2) is 41.4 Å². The van der Waals surface area contributed by atoms with Crippen LogP contribution in [-0.2, 0) is 0 Å². The minimum atomic E-state index is 0.0908. The van der Waals surface area contributed by atoms with Crippen LogP contribution >= 0.6 is 12.2 Å². The quantitative estimate of drug-likeness (QED) is 0.389. The highest BCUT2D eigenvalue weighted by atomic mass is 32.1. The second-order valence-electron chi connectivity index (χ2n) is 3.98. The second-order valence-corrected chi connectivity index (χ2v) is 4.33. The maximum Gasteiger partial charge on any atom is 0.290 e. The second kappa shape index (κ2) is 7.53. The number of nitrogens with zero attached hydrogens (tertiary/aromatic N) is 1. The van der Waals surface area contributed by atoms with E-state index in [1.165, 1.54) is 0 Å².